The number of hydrogen-bond donors (Lipinski definition) is 1. The first-order chi connectivity index (χ1) is 16.8. The molecule has 2 heterocycles. The summed E-state index contributed by atoms with van der Waals surface area (Å²) < 4.78 is 9.98. The van der Waals surface area contributed by atoms with Gasteiger partial charge < -0.3 is 14.8 Å². The molecule has 1 aromatic carbocycles. The molecule has 0 spiro atoms. The molecule has 182 valence electrons. The van der Waals surface area contributed by atoms with E-state index in [0.29, 0.717) is 31.9 Å². The maximum absolute atomic E-state index is 12.5. The highest BCUT2D eigenvalue weighted by atomic mass is 32.1. The van der Waals surface area contributed by atoms with Crippen molar-refractivity contribution in [3.05, 3.63) is 62.4 Å². The third-order valence-electron chi connectivity index (χ3n) is 5.09. The molecule has 0 fully saturated rings. The van der Waals surface area contributed by atoms with Gasteiger partial charge in [-0.15, -0.1) is 22.7 Å². The summed E-state index contributed by atoms with van der Waals surface area (Å²) in [5.41, 5.74) is 4.05. The second-order valence-electron chi connectivity index (χ2n) is 8.12. The molecule has 9 heteroatoms. The average molecular weight is 510 g/mol. The lowest BCUT2D eigenvalue weighted by Gasteiger charge is -2.05. The molecule has 0 aliphatic rings. The number of rotatable bonds is 9. The molecule has 0 aliphatic heterocycles. The minimum Gasteiger partial charge on any atom is -0.465 e. The maximum Gasteiger partial charge on any atom is 0.348 e. The Labute approximate surface area is 213 Å². The van der Waals surface area contributed by atoms with Gasteiger partial charge in [0.25, 0.3) is 0 Å². The number of allylic oxidation sites excluding steroid dienone is 1. The van der Waals surface area contributed by atoms with Gasteiger partial charge in [0.2, 0.25) is 0 Å². The fourth-order valence-electron chi connectivity index (χ4n) is 3.44. The molecule has 0 saturated carbocycles. The van der Waals surface area contributed by atoms with Crippen molar-refractivity contribution in [1.29, 1.82) is 5.26 Å². The molecule has 1 N–H and O–H groups in total. The first-order valence-corrected chi connectivity index (χ1v) is 12.8. The maximum atomic E-state index is 12.5. The van der Waals surface area contributed by atoms with Crippen LogP contribution in [0.25, 0.3) is 16.8 Å². The van der Waals surface area contributed by atoms with Gasteiger partial charge in [0.05, 0.1) is 25.0 Å². The van der Waals surface area contributed by atoms with E-state index in [0.717, 1.165) is 29.0 Å². The number of aromatic nitrogens is 1. The molecule has 35 heavy (non-hydrogen) atoms. The second kappa shape index (κ2) is 11.8. The Morgan fingerprint density at radius 2 is 1.94 bits per heavy atom. The van der Waals surface area contributed by atoms with E-state index in [1.165, 1.54) is 30.2 Å². The third-order valence-corrected chi connectivity index (χ3v) is 7.17. The Kier molecular flexibility index (Phi) is 8.79. The smallest absolute Gasteiger partial charge is 0.348 e. The van der Waals surface area contributed by atoms with E-state index in [4.69, 9.17) is 9.47 Å². The zero-order valence-electron chi connectivity index (χ0n) is 20.3. The monoisotopic (exact) mass is 509 g/mol. The average Bonchev–Trinajstić information content (AvgIpc) is 3.44. The molecule has 3 aromatic rings. The minimum atomic E-state index is -0.553. The number of benzene rings is 1. The van der Waals surface area contributed by atoms with E-state index in [-0.39, 0.29) is 12.2 Å². The van der Waals surface area contributed by atoms with Gasteiger partial charge in [-0.05, 0) is 37.3 Å². The molecular formula is C26H27N3O4S2. The predicted octanol–water partition coefficient (Wildman–Crippen LogP) is 6.32. The van der Waals surface area contributed by atoms with Crippen molar-refractivity contribution in [3.8, 4) is 17.3 Å². The summed E-state index contributed by atoms with van der Waals surface area (Å²) in [5, 5.41) is 15.6. The van der Waals surface area contributed by atoms with E-state index in [2.05, 4.69) is 42.4 Å². The summed E-state index contributed by atoms with van der Waals surface area (Å²) in [4.78, 5) is 29.6. The molecule has 0 atom stereocenters. The number of ether oxygens (including phenoxy) is 2. The van der Waals surface area contributed by atoms with Crippen LogP contribution in [-0.2, 0) is 15.9 Å². The molecule has 0 aliphatic carbocycles. The van der Waals surface area contributed by atoms with Crippen LogP contribution >= 0.6 is 22.7 Å². The molecule has 2 aromatic heterocycles. The SMILES string of the molecule is CCOC(=O)c1c(N/C=C(\C#N)c2nc(-c3ccc(CC(C)C)cc3)cs2)sc(C(=O)OC)c1C. The largest absolute Gasteiger partial charge is 0.465 e. The van der Waals surface area contributed by atoms with Crippen LogP contribution in [0.5, 0.6) is 0 Å². The Hall–Kier alpha value is -3.48. The molecular weight excluding hydrogens is 482 g/mol. The third kappa shape index (κ3) is 6.15. The van der Waals surface area contributed by atoms with Crippen LogP contribution in [0.1, 0.15) is 56.9 Å². The summed E-state index contributed by atoms with van der Waals surface area (Å²) in [7, 11) is 1.28. The number of hydrogen-bond acceptors (Lipinski definition) is 9. The molecule has 0 radical (unpaired) electrons. The first-order valence-electron chi connectivity index (χ1n) is 11.1. The highest BCUT2D eigenvalue weighted by Gasteiger charge is 2.26. The predicted molar refractivity (Wildman–Crippen MR) is 140 cm³/mol. The van der Waals surface area contributed by atoms with Gasteiger partial charge in [-0.3, -0.25) is 0 Å². The van der Waals surface area contributed by atoms with Crippen LogP contribution in [0.4, 0.5) is 5.00 Å². The number of methoxy groups -OCH3 is 1. The van der Waals surface area contributed by atoms with Crippen LogP contribution in [-0.4, -0.2) is 30.6 Å². The number of thiazole rings is 1. The van der Waals surface area contributed by atoms with Gasteiger partial charge in [0.1, 0.15) is 26.5 Å². The molecule has 7 nitrogen and oxygen atoms in total. The van der Waals surface area contributed by atoms with Crippen LogP contribution < -0.4 is 5.32 Å². The van der Waals surface area contributed by atoms with E-state index in [1.54, 1.807) is 13.8 Å². The lowest BCUT2D eigenvalue weighted by atomic mass is 10.0. The van der Waals surface area contributed by atoms with Crippen LogP contribution in [0.15, 0.2) is 35.8 Å². The molecule has 0 saturated heterocycles. The molecule has 0 amide bonds. The first kappa shape index (κ1) is 26.1. The van der Waals surface area contributed by atoms with Crippen LogP contribution in [0, 0.1) is 24.2 Å². The van der Waals surface area contributed by atoms with Gasteiger partial charge in [0, 0.05) is 17.1 Å². The van der Waals surface area contributed by atoms with Crippen molar-refractivity contribution in [2.45, 2.75) is 34.1 Å². The summed E-state index contributed by atoms with van der Waals surface area (Å²) in [6.07, 6.45) is 2.51. The van der Waals surface area contributed by atoms with Crippen LogP contribution in [0.2, 0.25) is 0 Å². The number of nitrogens with zero attached hydrogens (tertiary/aromatic N) is 2. The van der Waals surface area contributed by atoms with Crippen molar-refractivity contribution in [2.75, 3.05) is 19.0 Å². The van der Waals surface area contributed by atoms with E-state index >= 15 is 0 Å². The minimum absolute atomic E-state index is 0.195. The van der Waals surface area contributed by atoms with Gasteiger partial charge in [-0.1, -0.05) is 38.1 Å². The Morgan fingerprint density at radius 1 is 1.23 bits per heavy atom. The molecule has 0 unspecified atom stereocenters. The highest BCUT2D eigenvalue weighted by molar-refractivity contribution is 7.18. The van der Waals surface area contributed by atoms with Crippen molar-refractivity contribution in [1.82, 2.24) is 4.98 Å². The summed E-state index contributed by atoms with van der Waals surface area (Å²) in [6, 6.07) is 10.4. The van der Waals surface area contributed by atoms with E-state index < -0.39 is 11.9 Å². The molecule has 3 rings (SSSR count). The topological polar surface area (TPSA) is 101 Å². The number of anilines is 1. The van der Waals surface area contributed by atoms with Crippen molar-refractivity contribution < 1.29 is 19.1 Å². The highest BCUT2D eigenvalue weighted by Crippen LogP contribution is 2.35. The zero-order valence-corrected chi connectivity index (χ0v) is 21.9. The number of carbonyl (C=O) groups is 2. The zero-order chi connectivity index (χ0) is 25.5. The van der Waals surface area contributed by atoms with Gasteiger partial charge >= 0.3 is 11.9 Å². The van der Waals surface area contributed by atoms with E-state index in [1.807, 2.05) is 17.5 Å². The fourth-order valence-corrected chi connectivity index (χ4v) is 5.32. The number of nitriles is 1. The number of thiophene rings is 1. The van der Waals surface area contributed by atoms with Gasteiger partial charge in [-0.25, -0.2) is 14.6 Å². The fraction of sp³-hybridized carbons (Fsp3) is 0.308. The summed E-state index contributed by atoms with van der Waals surface area (Å²) in [5.74, 6) is -0.509. The second-order valence-corrected chi connectivity index (χ2v) is 10.00. The lowest BCUT2D eigenvalue weighted by molar-refractivity contribution is 0.0527. The number of carbonyl (C=O) groups excluding carboxylic acids is 2. The summed E-state index contributed by atoms with van der Waals surface area (Å²) >= 11 is 2.43. The van der Waals surface area contributed by atoms with Gasteiger partial charge in [0.15, 0.2) is 0 Å². The Balaban J connectivity index is 1.88. The molecule has 0 bridgehead atoms. The van der Waals surface area contributed by atoms with E-state index in [9.17, 15) is 14.9 Å². The van der Waals surface area contributed by atoms with Crippen molar-refractivity contribution in [3.63, 3.8) is 0 Å². The Morgan fingerprint density at radius 3 is 2.54 bits per heavy atom. The number of nitrogens with one attached hydrogen (secondary N) is 1. The summed E-state index contributed by atoms with van der Waals surface area (Å²) in [6.45, 7) is 7.94. The van der Waals surface area contributed by atoms with Crippen molar-refractivity contribution >= 4 is 45.2 Å². The Bertz CT molecular complexity index is 1280. The van der Waals surface area contributed by atoms with Crippen LogP contribution in [0.3, 0.4) is 0 Å². The standard InChI is InChI=1S/C26H27N3O4S2/c1-6-33-25(30)21-16(4)22(26(31)32-5)35-24(21)28-13-19(12-27)23-29-20(14-34-23)18-9-7-17(8-10-18)11-15(2)3/h7-10,13-15,28H,6,11H2,1-5H3/b19-13+. The number of esters is 2. The van der Waals surface area contributed by atoms with Gasteiger partial charge in [-0.2, -0.15) is 5.26 Å². The lowest BCUT2D eigenvalue weighted by Crippen LogP contribution is -2.08. The quantitative estimate of drug-likeness (QED) is 0.266. The van der Waals surface area contributed by atoms with Crippen molar-refractivity contribution in [2.24, 2.45) is 5.92 Å². The normalized spacial score (nSPS) is 11.3.